The molecule has 0 amide bonds. The number of rotatable bonds is 2. The van der Waals surface area contributed by atoms with E-state index in [1.54, 1.807) is 12.4 Å². The van der Waals surface area contributed by atoms with Crippen molar-refractivity contribution in [2.45, 2.75) is 18.5 Å². The third-order valence-electron chi connectivity index (χ3n) is 1.77. The van der Waals surface area contributed by atoms with Gasteiger partial charge in [-0.05, 0) is 22.4 Å². The first-order chi connectivity index (χ1) is 5.75. The molecule has 0 aliphatic heterocycles. The Balaban J connectivity index is 2.00. The van der Waals surface area contributed by atoms with Crippen molar-refractivity contribution in [3.63, 3.8) is 0 Å². The van der Waals surface area contributed by atoms with Gasteiger partial charge in [0.05, 0.1) is 4.47 Å². The second-order valence-corrected chi connectivity index (χ2v) is 3.79. The Labute approximate surface area is 78.7 Å². The maximum Gasteiger partial charge on any atom is 0.222 e. The summed E-state index contributed by atoms with van der Waals surface area (Å²) >= 11 is 3.26. The number of nitrogens with two attached hydrogens (primary N) is 1. The summed E-state index contributed by atoms with van der Waals surface area (Å²) in [4.78, 5) is 8.14. The Morgan fingerprint density at radius 3 is 2.58 bits per heavy atom. The van der Waals surface area contributed by atoms with Gasteiger partial charge in [0.1, 0.15) is 0 Å². The second kappa shape index (κ2) is 2.99. The van der Waals surface area contributed by atoms with Crippen molar-refractivity contribution in [3.8, 4) is 0 Å². The molecule has 64 valence electrons. The zero-order valence-corrected chi connectivity index (χ0v) is 7.95. The molecule has 1 aromatic rings. The number of aromatic nitrogens is 2. The van der Waals surface area contributed by atoms with Crippen molar-refractivity contribution >= 4 is 21.9 Å². The molecule has 0 bridgehead atoms. The highest BCUT2D eigenvalue weighted by Gasteiger charge is 2.33. The molecule has 0 aromatic carbocycles. The van der Waals surface area contributed by atoms with E-state index < -0.39 is 0 Å². The summed E-state index contributed by atoms with van der Waals surface area (Å²) in [6.07, 6.45) is 4.44. The quantitative estimate of drug-likeness (QED) is 0.785. The fourth-order valence-electron chi connectivity index (χ4n) is 0.933. The van der Waals surface area contributed by atoms with Gasteiger partial charge in [-0.1, -0.05) is 0 Å². The summed E-state index contributed by atoms with van der Waals surface area (Å²) in [5.74, 6) is 0.649. The lowest BCUT2D eigenvalue weighted by atomic mass is 10.6. The third kappa shape index (κ3) is 1.73. The van der Waals surface area contributed by atoms with Crippen LogP contribution >= 0.6 is 15.9 Å². The topological polar surface area (TPSA) is 63.8 Å². The summed E-state index contributed by atoms with van der Waals surface area (Å²) in [5.41, 5.74) is 5.62. The SMILES string of the molecule is NC1CC1Nc1ncc(Br)cn1. The van der Waals surface area contributed by atoms with E-state index in [1.807, 2.05) is 0 Å². The van der Waals surface area contributed by atoms with Gasteiger partial charge < -0.3 is 11.1 Å². The van der Waals surface area contributed by atoms with Gasteiger partial charge in [0.25, 0.3) is 0 Å². The third-order valence-corrected chi connectivity index (χ3v) is 2.18. The second-order valence-electron chi connectivity index (χ2n) is 2.88. The predicted octanol–water partition coefficient (Wildman–Crippen LogP) is 0.751. The first-order valence-electron chi connectivity index (χ1n) is 3.75. The Morgan fingerprint density at radius 2 is 2.08 bits per heavy atom. The number of halogens is 1. The number of nitrogens with one attached hydrogen (secondary N) is 1. The zero-order chi connectivity index (χ0) is 8.55. The molecule has 12 heavy (non-hydrogen) atoms. The van der Waals surface area contributed by atoms with E-state index in [4.69, 9.17) is 5.73 Å². The van der Waals surface area contributed by atoms with Crippen molar-refractivity contribution in [2.24, 2.45) is 5.73 Å². The molecule has 3 N–H and O–H groups in total. The van der Waals surface area contributed by atoms with Crippen LogP contribution < -0.4 is 11.1 Å². The summed E-state index contributed by atoms with van der Waals surface area (Å²) in [7, 11) is 0. The van der Waals surface area contributed by atoms with Gasteiger partial charge in [-0.2, -0.15) is 0 Å². The Bertz CT molecular complexity index is 273. The highest BCUT2D eigenvalue weighted by molar-refractivity contribution is 9.10. The molecule has 1 aromatic heterocycles. The van der Waals surface area contributed by atoms with E-state index in [0.29, 0.717) is 12.0 Å². The van der Waals surface area contributed by atoms with Crippen molar-refractivity contribution in [3.05, 3.63) is 16.9 Å². The van der Waals surface area contributed by atoms with Crippen LogP contribution in [0.3, 0.4) is 0 Å². The summed E-state index contributed by atoms with van der Waals surface area (Å²) in [5, 5.41) is 3.12. The van der Waals surface area contributed by atoms with E-state index in [9.17, 15) is 0 Å². The van der Waals surface area contributed by atoms with Crippen LogP contribution in [0.25, 0.3) is 0 Å². The number of hydrogen-bond donors (Lipinski definition) is 2. The fraction of sp³-hybridized carbons (Fsp3) is 0.429. The Hall–Kier alpha value is -0.680. The maximum absolute atomic E-state index is 5.62. The first-order valence-corrected chi connectivity index (χ1v) is 4.54. The Kier molecular flexibility index (Phi) is 1.98. The van der Waals surface area contributed by atoms with Crippen LogP contribution in [0.15, 0.2) is 16.9 Å². The molecule has 2 unspecified atom stereocenters. The Morgan fingerprint density at radius 1 is 1.50 bits per heavy atom. The van der Waals surface area contributed by atoms with Crippen molar-refractivity contribution in [1.29, 1.82) is 0 Å². The first kappa shape index (κ1) is 7.94. The minimum Gasteiger partial charge on any atom is -0.350 e. The molecular formula is C7H9BrN4. The molecule has 0 saturated heterocycles. The number of anilines is 1. The molecule has 0 spiro atoms. The van der Waals surface area contributed by atoms with Crippen LogP contribution in [-0.2, 0) is 0 Å². The minimum atomic E-state index is 0.275. The highest BCUT2D eigenvalue weighted by Crippen LogP contribution is 2.21. The largest absolute Gasteiger partial charge is 0.350 e. The molecule has 2 atom stereocenters. The molecule has 1 fully saturated rings. The molecule has 1 heterocycles. The average Bonchev–Trinajstić information content (AvgIpc) is 2.72. The van der Waals surface area contributed by atoms with Crippen molar-refractivity contribution < 1.29 is 0 Å². The smallest absolute Gasteiger partial charge is 0.222 e. The van der Waals surface area contributed by atoms with E-state index in [2.05, 4.69) is 31.2 Å². The zero-order valence-electron chi connectivity index (χ0n) is 6.37. The fourth-order valence-corrected chi connectivity index (χ4v) is 1.14. The molecular weight excluding hydrogens is 220 g/mol. The van der Waals surface area contributed by atoms with Crippen LogP contribution in [0, 0.1) is 0 Å². The number of hydrogen-bond acceptors (Lipinski definition) is 4. The van der Waals surface area contributed by atoms with Gasteiger partial charge in [-0.15, -0.1) is 0 Å². The van der Waals surface area contributed by atoms with Crippen LogP contribution in [0.5, 0.6) is 0 Å². The number of nitrogens with zero attached hydrogens (tertiary/aromatic N) is 2. The van der Waals surface area contributed by atoms with Gasteiger partial charge in [-0.25, -0.2) is 9.97 Å². The molecule has 1 aliphatic rings. The minimum absolute atomic E-state index is 0.275. The average molecular weight is 229 g/mol. The molecule has 1 saturated carbocycles. The molecule has 4 nitrogen and oxygen atoms in total. The monoisotopic (exact) mass is 228 g/mol. The van der Waals surface area contributed by atoms with Gasteiger partial charge in [-0.3, -0.25) is 0 Å². The molecule has 0 radical (unpaired) electrons. The van der Waals surface area contributed by atoms with Crippen LogP contribution in [0.4, 0.5) is 5.95 Å². The van der Waals surface area contributed by atoms with Gasteiger partial charge in [0.15, 0.2) is 0 Å². The van der Waals surface area contributed by atoms with Gasteiger partial charge >= 0.3 is 0 Å². The lowest BCUT2D eigenvalue weighted by molar-refractivity contribution is 0.976. The molecule has 2 rings (SSSR count). The van der Waals surface area contributed by atoms with Crippen LogP contribution in [0.2, 0.25) is 0 Å². The maximum atomic E-state index is 5.62. The van der Waals surface area contributed by atoms with Crippen LogP contribution in [0.1, 0.15) is 6.42 Å². The molecule has 1 aliphatic carbocycles. The summed E-state index contributed by atoms with van der Waals surface area (Å²) in [6.45, 7) is 0. The van der Waals surface area contributed by atoms with Crippen LogP contribution in [-0.4, -0.2) is 22.1 Å². The standard InChI is InChI=1S/C7H9BrN4/c8-4-2-10-7(11-3-4)12-6-1-5(6)9/h2-3,5-6H,1,9H2,(H,10,11,12). The van der Waals surface area contributed by atoms with E-state index >= 15 is 0 Å². The highest BCUT2D eigenvalue weighted by atomic mass is 79.9. The van der Waals surface area contributed by atoms with E-state index in [-0.39, 0.29) is 6.04 Å². The predicted molar refractivity (Wildman–Crippen MR) is 49.7 cm³/mol. The van der Waals surface area contributed by atoms with E-state index in [1.165, 1.54) is 0 Å². The normalized spacial score (nSPS) is 26.8. The molecule has 5 heteroatoms. The summed E-state index contributed by atoms with van der Waals surface area (Å²) in [6, 6.07) is 0.642. The van der Waals surface area contributed by atoms with E-state index in [0.717, 1.165) is 10.9 Å². The van der Waals surface area contributed by atoms with Gasteiger partial charge in [0.2, 0.25) is 5.95 Å². The summed E-state index contributed by atoms with van der Waals surface area (Å²) < 4.78 is 0.883. The lowest BCUT2D eigenvalue weighted by Gasteiger charge is -2.00. The van der Waals surface area contributed by atoms with Crippen molar-refractivity contribution in [1.82, 2.24) is 9.97 Å². The lowest BCUT2D eigenvalue weighted by Crippen LogP contribution is -2.14. The van der Waals surface area contributed by atoms with Gasteiger partial charge in [0, 0.05) is 24.5 Å². The van der Waals surface area contributed by atoms with Crippen molar-refractivity contribution in [2.75, 3.05) is 5.32 Å².